The highest BCUT2D eigenvalue weighted by molar-refractivity contribution is 7.99. The van der Waals surface area contributed by atoms with Gasteiger partial charge < -0.3 is 25.1 Å². The van der Waals surface area contributed by atoms with Crippen LogP contribution in [0.2, 0.25) is 0 Å². The van der Waals surface area contributed by atoms with Gasteiger partial charge in [0.1, 0.15) is 10.8 Å². The number of anilines is 1. The SMILES string of the molecule is CCOC(=O)c1c(NC(=O)CSc2nnc(C3CC3)n2CC2CCCO2)sc(C(N)=O)c1C. The van der Waals surface area contributed by atoms with Crippen LogP contribution in [0.3, 0.4) is 0 Å². The number of thiophene rings is 1. The van der Waals surface area contributed by atoms with Crippen LogP contribution in [0.5, 0.6) is 0 Å². The molecule has 3 N–H and O–H groups in total. The van der Waals surface area contributed by atoms with Gasteiger partial charge in [-0.15, -0.1) is 21.5 Å². The minimum atomic E-state index is -0.659. The molecule has 12 heteroatoms. The summed E-state index contributed by atoms with van der Waals surface area (Å²) in [6.45, 7) is 4.92. The Morgan fingerprint density at radius 2 is 2.09 bits per heavy atom. The van der Waals surface area contributed by atoms with Crippen molar-refractivity contribution in [2.45, 2.75) is 63.3 Å². The maximum Gasteiger partial charge on any atom is 0.341 e. The predicted molar refractivity (Wildman–Crippen MR) is 124 cm³/mol. The Balaban J connectivity index is 1.46. The van der Waals surface area contributed by atoms with Crippen LogP contribution in [-0.2, 0) is 20.8 Å². The van der Waals surface area contributed by atoms with Gasteiger partial charge in [0.05, 0.1) is 35.4 Å². The van der Waals surface area contributed by atoms with E-state index < -0.39 is 11.9 Å². The molecule has 1 saturated carbocycles. The van der Waals surface area contributed by atoms with E-state index in [1.165, 1.54) is 11.8 Å². The Morgan fingerprint density at radius 1 is 1.30 bits per heavy atom. The quantitative estimate of drug-likeness (QED) is 0.380. The number of ether oxygens (including phenoxy) is 2. The zero-order valence-electron chi connectivity index (χ0n) is 18.6. The van der Waals surface area contributed by atoms with Gasteiger partial charge in [-0.3, -0.25) is 9.59 Å². The predicted octanol–water partition coefficient (Wildman–Crippen LogP) is 2.71. The summed E-state index contributed by atoms with van der Waals surface area (Å²) in [5.41, 5.74) is 5.99. The second kappa shape index (κ2) is 10.2. The molecule has 1 aliphatic carbocycles. The summed E-state index contributed by atoms with van der Waals surface area (Å²) in [7, 11) is 0. The van der Waals surface area contributed by atoms with Crippen molar-refractivity contribution in [3.8, 4) is 0 Å². The molecular weight excluding hydrogens is 466 g/mol. The topological polar surface area (TPSA) is 138 Å². The summed E-state index contributed by atoms with van der Waals surface area (Å²) in [5, 5.41) is 12.4. The minimum absolute atomic E-state index is 0.0689. The number of nitrogens with one attached hydrogen (secondary N) is 1. The molecule has 3 heterocycles. The monoisotopic (exact) mass is 493 g/mol. The van der Waals surface area contributed by atoms with Crippen LogP contribution >= 0.6 is 23.1 Å². The van der Waals surface area contributed by atoms with Gasteiger partial charge in [0.15, 0.2) is 5.16 Å². The Bertz CT molecular complexity index is 1060. The van der Waals surface area contributed by atoms with Crippen molar-refractivity contribution in [2.75, 3.05) is 24.3 Å². The maximum atomic E-state index is 12.7. The lowest BCUT2D eigenvalue weighted by Gasteiger charge is -2.14. The van der Waals surface area contributed by atoms with Gasteiger partial charge in [-0.2, -0.15) is 0 Å². The molecule has 4 rings (SSSR count). The maximum absolute atomic E-state index is 12.7. The Labute approximate surface area is 199 Å². The van der Waals surface area contributed by atoms with E-state index in [9.17, 15) is 14.4 Å². The Morgan fingerprint density at radius 3 is 2.73 bits per heavy atom. The molecule has 2 aromatic rings. The van der Waals surface area contributed by atoms with Crippen molar-refractivity contribution in [3.05, 3.63) is 21.8 Å². The normalized spacial score (nSPS) is 17.8. The van der Waals surface area contributed by atoms with Crippen molar-refractivity contribution in [1.29, 1.82) is 0 Å². The number of aromatic nitrogens is 3. The first-order chi connectivity index (χ1) is 15.9. The van der Waals surface area contributed by atoms with Crippen LogP contribution in [0.4, 0.5) is 5.00 Å². The molecule has 1 aliphatic heterocycles. The van der Waals surface area contributed by atoms with E-state index in [2.05, 4.69) is 20.1 Å². The van der Waals surface area contributed by atoms with E-state index in [0.717, 1.165) is 49.5 Å². The van der Waals surface area contributed by atoms with E-state index in [0.29, 0.717) is 23.2 Å². The first kappa shape index (κ1) is 23.7. The highest BCUT2D eigenvalue weighted by Crippen LogP contribution is 2.40. The fourth-order valence-electron chi connectivity index (χ4n) is 3.79. The number of esters is 1. The third-order valence-electron chi connectivity index (χ3n) is 5.53. The third-order valence-corrected chi connectivity index (χ3v) is 7.72. The molecule has 10 nitrogen and oxygen atoms in total. The number of carbonyl (C=O) groups excluding carboxylic acids is 3. The number of carbonyl (C=O) groups is 3. The van der Waals surface area contributed by atoms with Gasteiger partial charge >= 0.3 is 5.97 Å². The van der Waals surface area contributed by atoms with E-state index in [-0.39, 0.29) is 39.8 Å². The lowest BCUT2D eigenvalue weighted by atomic mass is 10.1. The largest absolute Gasteiger partial charge is 0.462 e. The number of nitrogens with two attached hydrogens (primary N) is 1. The molecule has 2 amide bonds. The van der Waals surface area contributed by atoms with Gasteiger partial charge in [0.25, 0.3) is 5.91 Å². The van der Waals surface area contributed by atoms with Crippen LogP contribution in [0.1, 0.15) is 69.9 Å². The van der Waals surface area contributed by atoms with Crippen molar-refractivity contribution in [2.24, 2.45) is 5.73 Å². The number of thioether (sulfide) groups is 1. The second-order valence-corrected chi connectivity index (χ2v) is 10.0. The lowest BCUT2D eigenvalue weighted by molar-refractivity contribution is -0.113. The molecule has 178 valence electrons. The highest BCUT2D eigenvalue weighted by Gasteiger charge is 2.32. The number of amides is 2. The molecule has 0 bridgehead atoms. The van der Waals surface area contributed by atoms with Crippen LogP contribution in [0.15, 0.2) is 5.16 Å². The van der Waals surface area contributed by atoms with E-state index in [4.69, 9.17) is 15.2 Å². The van der Waals surface area contributed by atoms with Crippen molar-refractivity contribution >= 4 is 45.9 Å². The third kappa shape index (κ3) is 5.39. The smallest absolute Gasteiger partial charge is 0.341 e. The van der Waals surface area contributed by atoms with E-state index in [1.807, 2.05) is 0 Å². The first-order valence-corrected chi connectivity index (χ1v) is 12.8. The molecule has 2 aromatic heterocycles. The summed E-state index contributed by atoms with van der Waals surface area (Å²) >= 11 is 2.26. The van der Waals surface area contributed by atoms with Crippen LogP contribution < -0.4 is 11.1 Å². The van der Waals surface area contributed by atoms with Gasteiger partial charge in [-0.05, 0) is 45.1 Å². The number of hydrogen-bond acceptors (Lipinski definition) is 9. The molecule has 1 saturated heterocycles. The molecular formula is C21H27N5O5S2. The number of nitrogens with zero attached hydrogens (tertiary/aromatic N) is 3. The number of hydrogen-bond donors (Lipinski definition) is 2. The Kier molecular flexibility index (Phi) is 7.35. The fourth-order valence-corrected chi connectivity index (χ4v) is 5.61. The molecule has 2 aliphatic rings. The standard InChI is InChI=1S/C21H27N5O5S2/c1-3-30-20(29)15-11(2)16(17(22)28)33-19(15)23-14(27)10-32-21-25-24-18(12-6-7-12)26(21)9-13-5-4-8-31-13/h12-13H,3-10H2,1-2H3,(H2,22,28)(H,23,27). The number of rotatable bonds is 10. The number of primary amides is 1. The molecule has 1 unspecified atom stereocenters. The van der Waals surface area contributed by atoms with Crippen molar-refractivity contribution < 1.29 is 23.9 Å². The summed E-state index contributed by atoms with van der Waals surface area (Å²) in [6.07, 6.45) is 4.40. The summed E-state index contributed by atoms with van der Waals surface area (Å²) in [4.78, 5) is 37.1. The molecule has 0 aromatic carbocycles. The van der Waals surface area contributed by atoms with Crippen LogP contribution in [-0.4, -0.2) is 57.6 Å². The summed E-state index contributed by atoms with van der Waals surface area (Å²) in [5.74, 6) is -0.143. The van der Waals surface area contributed by atoms with E-state index in [1.54, 1.807) is 13.8 Å². The lowest BCUT2D eigenvalue weighted by Crippen LogP contribution is -2.19. The van der Waals surface area contributed by atoms with Crippen LogP contribution in [0, 0.1) is 6.92 Å². The molecule has 1 atom stereocenters. The molecule has 0 spiro atoms. The molecule has 33 heavy (non-hydrogen) atoms. The molecule has 2 fully saturated rings. The zero-order valence-corrected chi connectivity index (χ0v) is 20.2. The molecule has 0 radical (unpaired) electrons. The Hall–Kier alpha value is -2.44. The van der Waals surface area contributed by atoms with Gasteiger partial charge in [-0.25, -0.2) is 4.79 Å². The van der Waals surface area contributed by atoms with Crippen molar-refractivity contribution in [3.63, 3.8) is 0 Å². The van der Waals surface area contributed by atoms with E-state index >= 15 is 0 Å². The van der Waals surface area contributed by atoms with Crippen LogP contribution in [0.25, 0.3) is 0 Å². The summed E-state index contributed by atoms with van der Waals surface area (Å²) < 4.78 is 13.0. The fraction of sp³-hybridized carbons (Fsp3) is 0.571. The average Bonchev–Trinajstić information content (AvgIpc) is 3.17. The zero-order chi connectivity index (χ0) is 23.5. The average molecular weight is 494 g/mol. The van der Waals surface area contributed by atoms with Crippen molar-refractivity contribution in [1.82, 2.24) is 14.8 Å². The summed E-state index contributed by atoms with van der Waals surface area (Å²) in [6, 6.07) is 0. The highest BCUT2D eigenvalue weighted by atomic mass is 32.2. The van der Waals surface area contributed by atoms with Gasteiger partial charge in [-0.1, -0.05) is 11.8 Å². The van der Waals surface area contributed by atoms with Gasteiger partial charge in [0, 0.05) is 12.5 Å². The first-order valence-electron chi connectivity index (χ1n) is 11.0. The van der Waals surface area contributed by atoms with Gasteiger partial charge in [0.2, 0.25) is 5.91 Å². The minimum Gasteiger partial charge on any atom is -0.462 e. The second-order valence-electron chi connectivity index (χ2n) is 8.04.